The van der Waals surface area contributed by atoms with Crippen LogP contribution >= 0.6 is 0 Å². The van der Waals surface area contributed by atoms with Crippen molar-refractivity contribution < 1.29 is 19.1 Å². The molecule has 0 aliphatic carbocycles. The zero-order valence-corrected chi connectivity index (χ0v) is 17.4. The van der Waals surface area contributed by atoms with E-state index < -0.39 is 0 Å². The van der Waals surface area contributed by atoms with Crippen LogP contribution in [0.25, 0.3) is 0 Å². The zero-order valence-electron chi connectivity index (χ0n) is 17.4. The highest BCUT2D eigenvalue weighted by Crippen LogP contribution is 2.39. The molecule has 0 aromatic heterocycles. The third-order valence-electron chi connectivity index (χ3n) is 5.53. The Morgan fingerprint density at radius 2 is 1.83 bits per heavy atom. The molecule has 1 aliphatic rings. The van der Waals surface area contributed by atoms with Gasteiger partial charge in [-0.25, -0.2) is 0 Å². The van der Waals surface area contributed by atoms with Crippen LogP contribution < -0.4 is 14.8 Å². The van der Waals surface area contributed by atoms with Crippen LogP contribution in [-0.2, 0) is 4.79 Å². The molecule has 2 aromatic carbocycles. The SMILES string of the molecule is COc1ccc([C@H]2CCCN2[C@H](C)C(=O)Nc2ccc(C(C)=O)cc2)c(OC)c1. The first-order valence-corrected chi connectivity index (χ1v) is 9.84. The number of carbonyl (C=O) groups is 2. The van der Waals surface area contributed by atoms with Crippen molar-refractivity contribution in [1.29, 1.82) is 0 Å². The van der Waals surface area contributed by atoms with Gasteiger partial charge < -0.3 is 14.8 Å². The van der Waals surface area contributed by atoms with Crippen molar-refractivity contribution in [2.45, 2.75) is 38.8 Å². The molecule has 0 saturated carbocycles. The summed E-state index contributed by atoms with van der Waals surface area (Å²) in [5, 5.41) is 2.96. The molecule has 6 heteroatoms. The number of amides is 1. The third-order valence-corrected chi connectivity index (χ3v) is 5.53. The first-order chi connectivity index (χ1) is 13.9. The van der Waals surface area contributed by atoms with E-state index in [0.29, 0.717) is 11.3 Å². The fraction of sp³-hybridized carbons (Fsp3) is 0.391. The Kier molecular flexibility index (Phi) is 6.54. The maximum Gasteiger partial charge on any atom is 0.241 e. The van der Waals surface area contributed by atoms with Gasteiger partial charge in [-0.05, 0) is 63.6 Å². The van der Waals surface area contributed by atoms with Gasteiger partial charge in [0.2, 0.25) is 5.91 Å². The topological polar surface area (TPSA) is 67.9 Å². The van der Waals surface area contributed by atoms with Crippen molar-refractivity contribution >= 4 is 17.4 Å². The molecule has 1 N–H and O–H groups in total. The summed E-state index contributed by atoms with van der Waals surface area (Å²) >= 11 is 0. The van der Waals surface area contributed by atoms with E-state index in [4.69, 9.17) is 9.47 Å². The van der Waals surface area contributed by atoms with Gasteiger partial charge >= 0.3 is 0 Å². The molecule has 1 saturated heterocycles. The minimum atomic E-state index is -0.304. The number of rotatable bonds is 7. The number of benzene rings is 2. The lowest BCUT2D eigenvalue weighted by atomic mass is 10.0. The fourth-order valence-corrected chi connectivity index (χ4v) is 3.87. The second-order valence-electron chi connectivity index (χ2n) is 7.30. The number of nitrogens with zero attached hydrogens (tertiary/aromatic N) is 1. The molecule has 0 spiro atoms. The van der Waals surface area contributed by atoms with E-state index in [-0.39, 0.29) is 23.8 Å². The van der Waals surface area contributed by atoms with E-state index in [1.165, 1.54) is 6.92 Å². The Labute approximate surface area is 171 Å². The molecule has 154 valence electrons. The molecule has 0 radical (unpaired) electrons. The van der Waals surface area contributed by atoms with E-state index >= 15 is 0 Å². The van der Waals surface area contributed by atoms with Crippen molar-refractivity contribution in [3.05, 3.63) is 53.6 Å². The van der Waals surface area contributed by atoms with E-state index in [1.807, 2.05) is 25.1 Å². The summed E-state index contributed by atoms with van der Waals surface area (Å²) in [7, 11) is 3.28. The monoisotopic (exact) mass is 396 g/mol. The van der Waals surface area contributed by atoms with Crippen molar-refractivity contribution in [3.8, 4) is 11.5 Å². The van der Waals surface area contributed by atoms with Crippen LogP contribution in [0.3, 0.4) is 0 Å². The maximum absolute atomic E-state index is 12.9. The van der Waals surface area contributed by atoms with Crippen LogP contribution in [0.2, 0.25) is 0 Å². The summed E-state index contributed by atoms with van der Waals surface area (Å²) in [6.07, 6.45) is 1.98. The van der Waals surface area contributed by atoms with Crippen molar-refractivity contribution in [2.24, 2.45) is 0 Å². The van der Waals surface area contributed by atoms with Crippen LogP contribution in [0.5, 0.6) is 11.5 Å². The molecule has 1 heterocycles. The van der Waals surface area contributed by atoms with E-state index in [2.05, 4.69) is 10.2 Å². The summed E-state index contributed by atoms with van der Waals surface area (Å²) < 4.78 is 10.9. The van der Waals surface area contributed by atoms with Crippen LogP contribution in [0.15, 0.2) is 42.5 Å². The standard InChI is InChI=1S/C23H28N2O4/c1-15(23(27)24-18-9-7-17(8-10-18)16(2)26)25-13-5-6-21(25)20-12-11-19(28-3)14-22(20)29-4/h7-12,14-15,21H,5-6,13H2,1-4H3,(H,24,27)/t15-,21-/m1/s1. The van der Waals surface area contributed by atoms with Crippen LogP contribution in [0.4, 0.5) is 5.69 Å². The third kappa shape index (κ3) is 4.59. The summed E-state index contributed by atoms with van der Waals surface area (Å²) in [6.45, 7) is 4.29. The summed E-state index contributed by atoms with van der Waals surface area (Å²) in [5.41, 5.74) is 2.38. The second-order valence-corrected chi connectivity index (χ2v) is 7.30. The first-order valence-electron chi connectivity index (χ1n) is 9.84. The highest BCUT2D eigenvalue weighted by molar-refractivity contribution is 5.97. The number of anilines is 1. The quantitative estimate of drug-likeness (QED) is 0.715. The lowest BCUT2D eigenvalue weighted by Gasteiger charge is -2.31. The summed E-state index contributed by atoms with van der Waals surface area (Å²) in [4.78, 5) is 26.5. The molecule has 0 bridgehead atoms. The van der Waals surface area contributed by atoms with Crippen molar-refractivity contribution in [1.82, 2.24) is 4.90 Å². The number of likely N-dealkylation sites (tertiary alicyclic amines) is 1. The van der Waals surface area contributed by atoms with Crippen LogP contribution in [-0.4, -0.2) is 43.4 Å². The second kappa shape index (κ2) is 9.09. The van der Waals surface area contributed by atoms with Gasteiger partial charge in [-0.15, -0.1) is 0 Å². The van der Waals surface area contributed by atoms with Gasteiger partial charge in [0, 0.05) is 28.9 Å². The Balaban J connectivity index is 1.74. The highest BCUT2D eigenvalue weighted by Gasteiger charge is 2.34. The van der Waals surface area contributed by atoms with Gasteiger partial charge in [0.05, 0.1) is 20.3 Å². The zero-order chi connectivity index (χ0) is 21.0. The fourth-order valence-electron chi connectivity index (χ4n) is 3.87. The lowest BCUT2D eigenvalue weighted by molar-refractivity contribution is -0.121. The highest BCUT2D eigenvalue weighted by atomic mass is 16.5. The minimum absolute atomic E-state index is 0.00425. The lowest BCUT2D eigenvalue weighted by Crippen LogP contribution is -2.41. The van der Waals surface area contributed by atoms with Gasteiger partial charge in [0.1, 0.15) is 11.5 Å². The molecular formula is C23H28N2O4. The Morgan fingerprint density at radius 3 is 2.45 bits per heavy atom. The van der Waals surface area contributed by atoms with Crippen molar-refractivity contribution in [3.63, 3.8) is 0 Å². The Hall–Kier alpha value is -2.86. The molecule has 1 aliphatic heterocycles. The molecule has 6 nitrogen and oxygen atoms in total. The number of Topliss-reactive ketones (excluding diaryl/α,β-unsaturated/α-hetero) is 1. The number of methoxy groups -OCH3 is 2. The molecule has 0 unspecified atom stereocenters. The first kappa shape index (κ1) is 20.9. The Bertz CT molecular complexity index is 879. The Morgan fingerprint density at radius 1 is 1.10 bits per heavy atom. The molecule has 1 amide bonds. The number of carbonyl (C=O) groups excluding carboxylic acids is 2. The molecule has 29 heavy (non-hydrogen) atoms. The normalized spacial score (nSPS) is 17.6. The molecule has 3 rings (SSSR count). The summed E-state index contributed by atoms with van der Waals surface area (Å²) in [6, 6.07) is 12.6. The predicted octanol–water partition coefficient (Wildman–Crippen LogP) is 4.07. The van der Waals surface area contributed by atoms with Crippen LogP contribution in [0, 0.1) is 0 Å². The van der Waals surface area contributed by atoms with Gasteiger partial charge in [-0.1, -0.05) is 6.07 Å². The van der Waals surface area contributed by atoms with Crippen LogP contribution in [0.1, 0.15) is 48.7 Å². The number of hydrogen-bond acceptors (Lipinski definition) is 5. The van der Waals surface area contributed by atoms with Gasteiger partial charge in [-0.3, -0.25) is 14.5 Å². The number of nitrogens with one attached hydrogen (secondary N) is 1. The van der Waals surface area contributed by atoms with E-state index in [9.17, 15) is 9.59 Å². The summed E-state index contributed by atoms with van der Waals surface area (Å²) in [5.74, 6) is 1.45. The van der Waals surface area contributed by atoms with E-state index in [1.54, 1.807) is 38.5 Å². The number of hydrogen-bond donors (Lipinski definition) is 1. The molecule has 2 aromatic rings. The molecule has 2 atom stereocenters. The van der Waals surface area contributed by atoms with Gasteiger partial charge in [-0.2, -0.15) is 0 Å². The predicted molar refractivity (Wildman–Crippen MR) is 113 cm³/mol. The average molecular weight is 396 g/mol. The average Bonchev–Trinajstić information content (AvgIpc) is 3.22. The largest absolute Gasteiger partial charge is 0.497 e. The van der Waals surface area contributed by atoms with Crippen molar-refractivity contribution in [2.75, 3.05) is 26.1 Å². The van der Waals surface area contributed by atoms with E-state index in [0.717, 1.165) is 36.4 Å². The smallest absolute Gasteiger partial charge is 0.241 e. The minimum Gasteiger partial charge on any atom is -0.497 e. The number of ether oxygens (including phenoxy) is 2. The van der Waals surface area contributed by atoms with Gasteiger partial charge in [0.25, 0.3) is 0 Å². The molecular weight excluding hydrogens is 368 g/mol. The van der Waals surface area contributed by atoms with Gasteiger partial charge in [0.15, 0.2) is 5.78 Å². The number of ketones is 1. The maximum atomic E-state index is 12.9. The molecule has 1 fully saturated rings.